The van der Waals surface area contributed by atoms with Crippen molar-refractivity contribution in [2.75, 3.05) is 0 Å². The molecule has 0 aromatic rings. The van der Waals surface area contributed by atoms with E-state index >= 15 is 0 Å². The molecule has 2 heteroatoms. The minimum absolute atomic E-state index is 0.372. The zero-order chi connectivity index (χ0) is 9.56. The van der Waals surface area contributed by atoms with Gasteiger partial charge in [-0.25, -0.2) is 0 Å². The van der Waals surface area contributed by atoms with Crippen LogP contribution in [0.15, 0.2) is 17.3 Å². The van der Waals surface area contributed by atoms with Crippen molar-refractivity contribution in [2.45, 2.75) is 46.7 Å². The lowest BCUT2D eigenvalue weighted by atomic mass is 10.3. The second-order valence-corrected chi connectivity index (χ2v) is 3.38. The van der Waals surface area contributed by atoms with Crippen LogP contribution in [0.25, 0.3) is 0 Å². The molecule has 0 atom stereocenters. The molecule has 70 valence electrons. The van der Waals surface area contributed by atoms with Gasteiger partial charge in [-0.15, -0.1) is 0 Å². The quantitative estimate of drug-likeness (QED) is 0.465. The van der Waals surface area contributed by atoms with Gasteiger partial charge in [0, 0.05) is 18.3 Å². The maximum Gasteiger partial charge on any atom is 0.0895 e. The normalized spacial score (nSPS) is 12.6. The van der Waals surface area contributed by atoms with E-state index < -0.39 is 0 Å². The Bertz CT molecular complexity index is 157. The van der Waals surface area contributed by atoms with E-state index in [1.54, 1.807) is 0 Å². The molecule has 0 aromatic carbocycles. The van der Waals surface area contributed by atoms with Crippen LogP contribution < -0.4 is 0 Å². The fourth-order valence-corrected chi connectivity index (χ4v) is 0.726. The topological polar surface area (TPSA) is 15.6 Å². The van der Waals surface area contributed by atoms with Gasteiger partial charge in [-0.3, -0.25) is 4.99 Å². The zero-order valence-electron chi connectivity index (χ0n) is 8.78. The molecule has 12 heavy (non-hydrogen) atoms. The van der Waals surface area contributed by atoms with Crippen LogP contribution in [0, 0.1) is 0 Å². The highest BCUT2D eigenvalue weighted by Gasteiger charge is 1.99. The predicted molar refractivity (Wildman–Crippen MR) is 55.4 cm³/mol. The van der Waals surface area contributed by atoms with Gasteiger partial charge >= 0.3 is 0 Å². The Morgan fingerprint density at radius 3 is 2.08 bits per heavy atom. The van der Waals surface area contributed by atoms with Gasteiger partial charge < -0.3 is 4.90 Å². The molecule has 0 N–H and O–H groups in total. The molecule has 0 aliphatic carbocycles. The largest absolute Gasteiger partial charge is 0.337 e. The fraction of sp³-hybridized carbons (Fsp3) is 0.700. The number of hydrogen-bond donors (Lipinski definition) is 0. The molecule has 0 aliphatic heterocycles. The Morgan fingerprint density at radius 1 is 1.17 bits per heavy atom. The second-order valence-electron chi connectivity index (χ2n) is 3.38. The van der Waals surface area contributed by atoms with Crippen molar-refractivity contribution in [3.63, 3.8) is 0 Å². The van der Waals surface area contributed by atoms with Gasteiger partial charge in [-0.1, -0.05) is 6.08 Å². The van der Waals surface area contributed by atoms with Crippen molar-refractivity contribution in [1.29, 1.82) is 0 Å². The summed E-state index contributed by atoms with van der Waals surface area (Å²) in [6.07, 6.45) is 5.96. The van der Waals surface area contributed by atoms with Gasteiger partial charge in [0.15, 0.2) is 0 Å². The lowest BCUT2D eigenvalue weighted by Crippen LogP contribution is -2.23. The van der Waals surface area contributed by atoms with Gasteiger partial charge in [-0.05, 0) is 34.6 Å². The molecule has 0 spiro atoms. The van der Waals surface area contributed by atoms with E-state index in [2.05, 4.69) is 37.6 Å². The van der Waals surface area contributed by atoms with Crippen LogP contribution in [-0.2, 0) is 0 Å². The average molecular weight is 168 g/mol. The first-order valence-electron chi connectivity index (χ1n) is 4.51. The summed E-state index contributed by atoms with van der Waals surface area (Å²) < 4.78 is 0. The van der Waals surface area contributed by atoms with E-state index in [9.17, 15) is 0 Å². The summed E-state index contributed by atoms with van der Waals surface area (Å²) in [5, 5.41) is 0. The van der Waals surface area contributed by atoms with Gasteiger partial charge in [-0.2, -0.15) is 0 Å². The van der Waals surface area contributed by atoms with Gasteiger partial charge in [0.2, 0.25) is 0 Å². The van der Waals surface area contributed by atoms with E-state index in [1.165, 1.54) is 0 Å². The first-order chi connectivity index (χ1) is 5.57. The van der Waals surface area contributed by atoms with Crippen molar-refractivity contribution >= 4 is 6.34 Å². The second kappa shape index (κ2) is 5.81. The smallest absolute Gasteiger partial charge is 0.0895 e. The van der Waals surface area contributed by atoms with Crippen molar-refractivity contribution in [3.05, 3.63) is 12.3 Å². The molecule has 0 radical (unpaired) electrons. The molecule has 0 amide bonds. The highest BCUT2D eigenvalue weighted by atomic mass is 15.2. The first-order valence-corrected chi connectivity index (χ1v) is 4.51. The van der Waals surface area contributed by atoms with Crippen molar-refractivity contribution in [1.82, 2.24) is 4.90 Å². The lowest BCUT2D eigenvalue weighted by Gasteiger charge is -2.19. The van der Waals surface area contributed by atoms with Crippen molar-refractivity contribution in [3.8, 4) is 0 Å². The SMILES string of the molecule is C/C=C\N(/C=N/C(C)C)C(C)C. The molecule has 0 fully saturated rings. The average Bonchev–Trinajstić information content (AvgIpc) is 1.96. The predicted octanol–water partition coefficient (Wildman–Crippen LogP) is 2.67. The van der Waals surface area contributed by atoms with Crippen LogP contribution in [0.5, 0.6) is 0 Å². The van der Waals surface area contributed by atoms with Crippen LogP contribution in [-0.4, -0.2) is 23.3 Å². The Kier molecular flexibility index (Phi) is 5.43. The molecule has 0 rings (SSSR count). The van der Waals surface area contributed by atoms with E-state index in [1.807, 2.05) is 25.5 Å². The zero-order valence-corrected chi connectivity index (χ0v) is 8.78. The van der Waals surface area contributed by atoms with E-state index in [0.717, 1.165) is 0 Å². The Hall–Kier alpha value is -0.790. The number of hydrogen-bond acceptors (Lipinski definition) is 1. The Labute approximate surface area is 76.0 Å². The maximum atomic E-state index is 4.31. The summed E-state index contributed by atoms with van der Waals surface area (Å²) in [5.41, 5.74) is 0. The van der Waals surface area contributed by atoms with Crippen LogP contribution in [0.1, 0.15) is 34.6 Å². The molecular weight excluding hydrogens is 148 g/mol. The Balaban J connectivity index is 4.13. The summed E-state index contributed by atoms with van der Waals surface area (Å²) in [7, 11) is 0. The number of allylic oxidation sites excluding steroid dienone is 1. The molecule has 0 heterocycles. The highest BCUT2D eigenvalue weighted by Crippen LogP contribution is 1.96. The van der Waals surface area contributed by atoms with Crippen LogP contribution in [0.3, 0.4) is 0 Å². The molecule has 0 saturated heterocycles. The van der Waals surface area contributed by atoms with E-state index in [4.69, 9.17) is 0 Å². The van der Waals surface area contributed by atoms with Crippen LogP contribution in [0.2, 0.25) is 0 Å². The highest BCUT2D eigenvalue weighted by molar-refractivity contribution is 5.57. The summed E-state index contributed by atoms with van der Waals surface area (Å²) in [5.74, 6) is 0. The maximum absolute atomic E-state index is 4.31. The number of rotatable bonds is 4. The third-order valence-electron chi connectivity index (χ3n) is 1.42. The molecular formula is C10H20N2. The van der Waals surface area contributed by atoms with Gasteiger partial charge in [0.25, 0.3) is 0 Å². The van der Waals surface area contributed by atoms with Crippen molar-refractivity contribution in [2.24, 2.45) is 4.99 Å². The number of nitrogens with zero attached hydrogens (tertiary/aromatic N) is 2. The van der Waals surface area contributed by atoms with E-state index in [-0.39, 0.29) is 0 Å². The number of aliphatic imine (C=N–C) groups is 1. The summed E-state index contributed by atoms with van der Waals surface area (Å²) in [4.78, 5) is 6.41. The summed E-state index contributed by atoms with van der Waals surface area (Å²) in [6, 6.07) is 0.847. The lowest BCUT2D eigenvalue weighted by molar-refractivity contribution is 0.467. The van der Waals surface area contributed by atoms with Gasteiger partial charge in [0.1, 0.15) is 0 Å². The van der Waals surface area contributed by atoms with Crippen LogP contribution in [0.4, 0.5) is 0 Å². The fourth-order valence-electron chi connectivity index (χ4n) is 0.726. The standard InChI is InChI=1S/C10H20N2/c1-6-7-12(10(4)5)8-11-9(2)3/h6-10H,1-5H3/b7-6-,11-8+. The van der Waals surface area contributed by atoms with E-state index in [0.29, 0.717) is 12.1 Å². The summed E-state index contributed by atoms with van der Waals surface area (Å²) >= 11 is 0. The molecule has 0 saturated carbocycles. The minimum Gasteiger partial charge on any atom is -0.337 e. The molecule has 2 nitrogen and oxygen atoms in total. The van der Waals surface area contributed by atoms with Gasteiger partial charge in [0.05, 0.1) is 6.34 Å². The molecule has 0 unspecified atom stereocenters. The van der Waals surface area contributed by atoms with Crippen LogP contribution >= 0.6 is 0 Å². The monoisotopic (exact) mass is 168 g/mol. The van der Waals surface area contributed by atoms with Crippen molar-refractivity contribution < 1.29 is 0 Å². The molecule has 0 aromatic heterocycles. The Morgan fingerprint density at radius 2 is 1.75 bits per heavy atom. The summed E-state index contributed by atoms with van der Waals surface area (Å²) in [6.45, 7) is 10.5. The minimum atomic E-state index is 0.372. The molecule has 0 aliphatic rings. The first kappa shape index (κ1) is 11.2. The third kappa shape index (κ3) is 4.94. The third-order valence-corrected chi connectivity index (χ3v) is 1.42. The molecule has 0 bridgehead atoms.